The molecule has 2 aromatic carbocycles. The third-order valence-electron chi connectivity index (χ3n) is 14.5. The van der Waals surface area contributed by atoms with Gasteiger partial charge in [0.2, 0.25) is 5.91 Å². The highest BCUT2D eigenvalue weighted by Crippen LogP contribution is 2.45. The molecule has 1 aliphatic carbocycles. The van der Waals surface area contributed by atoms with E-state index in [1.54, 1.807) is 13.0 Å². The van der Waals surface area contributed by atoms with Crippen LogP contribution in [0.2, 0.25) is 36.3 Å². The molecule has 2 amide bonds. The van der Waals surface area contributed by atoms with Crippen molar-refractivity contribution >= 4 is 40.6 Å². The summed E-state index contributed by atoms with van der Waals surface area (Å²) in [5.74, 6) is -1.76. The van der Waals surface area contributed by atoms with Gasteiger partial charge in [-0.15, -0.1) is 0 Å². The van der Waals surface area contributed by atoms with Crippen LogP contribution in [0.1, 0.15) is 126 Å². The van der Waals surface area contributed by atoms with Crippen molar-refractivity contribution in [1.82, 2.24) is 10.2 Å². The van der Waals surface area contributed by atoms with Crippen LogP contribution >= 0.6 is 0 Å². The zero-order valence-corrected chi connectivity index (χ0v) is 44.8. The Morgan fingerprint density at radius 3 is 1.91 bits per heavy atom. The molecule has 0 saturated carbocycles. The molecular weight excluding hydrogens is 853 g/mol. The smallest absolute Gasteiger partial charge is 0.410 e. The summed E-state index contributed by atoms with van der Waals surface area (Å²) >= 11 is 0. The van der Waals surface area contributed by atoms with E-state index in [9.17, 15) is 19.2 Å². The molecule has 65 heavy (non-hydrogen) atoms. The molecule has 4 rings (SSSR count). The maximum Gasteiger partial charge on any atom is 0.410 e. The lowest BCUT2D eigenvalue weighted by atomic mass is 9.81. The van der Waals surface area contributed by atoms with Crippen LogP contribution in [0.4, 0.5) is 4.79 Å². The maximum absolute atomic E-state index is 14.4. The zero-order valence-electron chi connectivity index (χ0n) is 42.8. The number of nitrogens with one attached hydrogen (secondary N) is 1. The molecule has 11 nitrogen and oxygen atoms in total. The topological polar surface area (TPSA) is 130 Å². The van der Waals surface area contributed by atoms with Gasteiger partial charge in [0, 0.05) is 18.0 Å². The van der Waals surface area contributed by atoms with Crippen LogP contribution in [0.25, 0.3) is 11.1 Å². The minimum Gasteiger partial charge on any atom is -0.466 e. The van der Waals surface area contributed by atoms with Gasteiger partial charge in [-0.05, 0) is 109 Å². The number of hydrogen-bond donors (Lipinski definition) is 1. The monoisotopic (exact) mass is 935 g/mol. The molecule has 6 atom stereocenters. The normalized spacial score (nSPS) is 18.5. The first kappa shape index (κ1) is 53.8. The predicted octanol–water partition coefficient (Wildman–Crippen LogP) is 11.4. The van der Waals surface area contributed by atoms with Gasteiger partial charge in [-0.1, -0.05) is 125 Å². The minimum absolute atomic E-state index is 0.0157. The van der Waals surface area contributed by atoms with E-state index >= 15 is 0 Å². The van der Waals surface area contributed by atoms with Gasteiger partial charge in [-0.25, -0.2) is 14.4 Å². The molecule has 1 fully saturated rings. The number of nitrogens with zero attached hydrogens (tertiary/aromatic N) is 1. The van der Waals surface area contributed by atoms with E-state index in [1.165, 1.54) is 12.0 Å². The Morgan fingerprint density at radius 2 is 1.38 bits per heavy atom. The number of rotatable bonds is 18. The Hall–Kier alpha value is -3.79. The third-order valence-corrected chi connectivity index (χ3v) is 23.5. The number of hydrogen-bond acceptors (Lipinski definition) is 9. The number of carbonyl (C=O) groups excluding carboxylic acids is 4. The van der Waals surface area contributed by atoms with E-state index in [2.05, 4.69) is 125 Å². The highest BCUT2D eigenvalue weighted by molar-refractivity contribution is 6.74. The number of methoxy groups -OCH3 is 1. The molecule has 0 unspecified atom stereocenters. The molecule has 1 saturated heterocycles. The molecule has 1 aliphatic heterocycles. The summed E-state index contributed by atoms with van der Waals surface area (Å²) in [4.78, 5) is 56.3. The number of carbonyl (C=O) groups is 4. The molecular formula is C52H82N2O9Si2. The van der Waals surface area contributed by atoms with Crippen LogP contribution in [0.3, 0.4) is 0 Å². The summed E-state index contributed by atoms with van der Waals surface area (Å²) < 4.78 is 31.0. The molecule has 1 heterocycles. The summed E-state index contributed by atoms with van der Waals surface area (Å²) in [7, 11) is -3.24. The fourth-order valence-electron chi connectivity index (χ4n) is 8.13. The molecule has 0 radical (unpaired) electrons. The largest absolute Gasteiger partial charge is 0.466 e. The first-order valence-corrected chi connectivity index (χ1v) is 29.5. The summed E-state index contributed by atoms with van der Waals surface area (Å²) in [6.45, 7) is 34.4. The quantitative estimate of drug-likeness (QED) is 0.0672. The molecule has 0 bridgehead atoms. The van der Waals surface area contributed by atoms with Crippen molar-refractivity contribution in [3.63, 3.8) is 0 Å². The summed E-state index contributed by atoms with van der Waals surface area (Å²) in [5.41, 5.74) is 4.53. The Bertz CT molecular complexity index is 1970. The molecule has 0 aromatic heterocycles. The molecule has 0 spiro atoms. The SMILES string of the molecule is COC(=O)/C(C)=C/[C@@H](CO[Si](C)(C)C(C)(C)C)NC(=O)[C@@H](C)[C@H](C[C@H](C)C[C@H](OC(=O)[C@@H]1CCCN1C(=O)OCC1c2ccccc2-c2ccccc21)C(C)(C)C)O[Si](C)(C)C(C)(C)C. The van der Waals surface area contributed by atoms with E-state index in [0.717, 1.165) is 22.3 Å². The van der Waals surface area contributed by atoms with Gasteiger partial charge < -0.3 is 28.4 Å². The van der Waals surface area contributed by atoms with Gasteiger partial charge in [0.05, 0.1) is 31.8 Å². The molecule has 362 valence electrons. The Balaban J connectivity index is 1.49. The standard InChI is InChI=1S/C52H82N2O9Si2/c1-34(29-44(63-65(16,17)52(10,11)12)36(3)46(55)53-37(31-35(2)47(56)59-13)32-61-64(14,15)51(7,8)9)30-45(50(4,5)6)62-48(57)43-27-22-28-54(43)49(58)60-33-42-40-25-20-18-23-38(40)39-24-19-21-26-41(39)42/h18-21,23-26,31,34,36-37,42-45H,22,27-30,32-33H2,1-17H3,(H,53,55)/b35-31+/t34-,36-,37-,43-,44-,45-/m0/s1. The predicted molar refractivity (Wildman–Crippen MR) is 265 cm³/mol. The molecule has 1 N–H and O–H groups in total. The Labute approximate surface area is 393 Å². The number of ether oxygens (including phenoxy) is 3. The number of esters is 2. The fraction of sp³-hybridized carbons (Fsp3) is 0.654. The van der Waals surface area contributed by atoms with E-state index < -0.39 is 70.3 Å². The van der Waals surface area contributed by atoms with Gasteiger partial charge in [0.25, 0.3) is 0 Å². The Morgan fingerprint density at radius 1 is 0.831 bits per heavy atom. The Kier molecular flexibility index (Phi) is 17.8. The number of likely N-dealkylation sites (tertiary alicyclic amines) is 1. The lowest BCUT2D eigenvalue weighted by Crippen LogP contribution is -2.51. The lowest BCUT2D eigenvalue weighted by molar-refractivity contribution is -0.161. The maximum atomic E-state index is 14.4. The van der Waals surface area contributed by atoms with Gasteiger partial charge in [0.1, 0.15) is 18.8 Å². The average molecular weight is 935 g/mol. The second-order valence-corrected chi connectivity index (χ2v) is 32.3. The third kappa shape index (κ3) is 13.7. The van der Waals surface area contributed by atoms with Crippen molar-refractivity contribution in [2.45, 2.75) is 175 Å². The fourth-order valence-corrected chi connectivity index (χ4v) is 10.6. The van der Waals surface area contributed by atoms with Gasteiger partial charge in [-0.2, -0.15) is 0 Å². The lowest BCUT2D eigenvalue weighted by Gasteiger charge is -2.42. The summed E-state index contributed by atoms with van der Waals surface area (Å²) in [6, 6.07) is 15.1. The van der Waals surface area contributed by atoms with Gasteiger partial charge >= 0.3 is 18.0 Å². The van der Waals surface area contributed by atoms with Crippen molar-refractivity contribution in [2.24, 2.45) is 17.3 Å². The van der Waals surface area contributed by atoms with Crippen LogP contribution < -0.4 is 5.32 Å². The second kappa shape index (κ2) is 21.4. The summed E-state index contributed by atoms with van der Waals surface area (Å²) in [6.07, 6.45) is 2.54. The number of benzene rings is 2. The van der Waals surface area contributed by atoms with Crippen LogP contribution in [0, 0.1) is 17.3 Å². The molecule has 13 heteroatoms. The van der Waals surface area contributed by atoms with Gasteiger partial charge in [0.15, 0.2) is 16.6 Å². The van der Waals surface area contributed by atoms with Crippen molar-refractivity contribution in [1.29, 1.82) is 0 Å². The first-order chi connectivity index (χ1) is 30.0. The zero-order chi connectivity index (χ0) is 48.9. The van der Waals surface area contributed by atoms with Crippen LogP contribution in [-0.2, 0) is 37.4 Å². The number of amides is 2. The number of fused-ring (bicyclic) bond motifs is 3. The molecule has 2 aromatic rings. The van der Waals surface area contributed by atoms with Crippen LogP contribution in [-0.4, -0.2) is 96.6 Å². The highest BCUT2D eigenvalue weighted by Gasteiger charge is 2.44. The van der Waals surface area contributed by atoms with Crippen molar-refractivity contribution in [3.8, 4) is 11.1 Å². The average Bonchev–Trinajstić information content (AvgIpc) is 3.83. The minimum atomic E-state index is -2.39. The van der Waals surface area contributed by atoms with Crippen molar-refractivity contribution < 1.29 is 42.2 Å². The van der Waals surface area contributed by atoms with E-state index in [1.807, 2.05) is 31.2 Å². The second-order valence-electron chi connectivity index (χ2n) is 22.8. The summed E-state index contributed by atoms with van der Waals surface area (Å²) in [5, 5.41) is 3.03. The van der Waals surface area contributed by atoms with Crippen LogP contribution in [0.15, 0.2) is 60.2 Å². The van der Waals surface area contributed by atoms with E-state index in [-0.39, 0.29) is 41.0 Å². The highest BCUT2D eigenvalue weighted by atomic mass is 28.4. The first-order valence-electron chi connectivity index (χ1n) is 23.7. The van der Waals surface area contributed by atoms with E-state index in [0.29, 0.717) is 37.8 Å². The van der Waals surface area contributed by atoms with Gasteiger partial charge in [-0.3, -0.25) is 9.69 Å². The molecule has 2 aliphatic rings. The van der Waals surface area contributed by atoms with Crippen LogP contribution in [0.5, 0.6) is 0 Å². The van der Waals surface area contributed by atoms with Crippen molar-refractivity contribution in [3.05, 3.63) is 71.3 Å². The van der Waals surface area contributed by atoms with Crippen molar-refractivity contribution in [2.75, 3.05) is 26.9 Å². The van der Waals surface area contributed by atoms with E-state index in [4.69, 9.17) is 23.1 Å².